The van der Waals surface area contributed by atoms with Crippen molar-refractivity contribution in [2.75, 3.05) is 13.6 Å². The van der Waals surface area contributed by atoms with E-state index in [-0.39, 0.29) is 5.96 Å². The van der Waals surface area contributed by atoms with Crippen molar-refractivity contribution < 1.29 is 0 Å². The van der Waals surface area contributed by atoms with Crippen LogP contribution >= 0.6 is 0 Å². The van der Waals surface area contributed by atoms with Gasteiger partial charge in [0, 0.05) is 20.0 Å². The minimum atomic E-state index is 0.0428. The monoisotopic (exact) mass is 165 g/mol. The zero-order valence-corrected chi connectivity index (χ0v) is 6.99. The maximum atomic E-state index is 8.18. The van der Waals surface area contributed by atoms with Gasteiger partial charge in [0.2, 0.25) is 12.2 Å². The van der Waals surface area contributed by atoms with Gasteiger partial charge in [0.05, 0.1) is 0 Å². The first-order chi connectivity index (χ1) is 5.74. The van der Waals surface area contributed by atoms with Crippen molar-refractivity contribution in [3.8, 4) is 6.19 Å². The van der Waals surface area contributed by atoms with E-state index in [1.165, 1.54) is 0 Å². The first-order valence-electron chi connectivity index (χ1n) is 3.75. The Bertz CT molecular complexity index is 259. The molecule has 0 aromatic heterocycles. The lowest BCUT2D eigenvalue weighted by Crippen LogP contribution is -2.22. The van der Waals surface area contributed by atoms with E-state index in [1.807, 2.05) is 11.9 Å². The van der Waals surface area contributed by atoms with Crippen LogP contribution in [0.4, 0.5) is 0 Å². The molecule has 0 spiro atoms. The highest BCUT2D eigenvalue weighted by Gasteiger charge is 2.13. The summed E-state index contributed by atoms with van der Waals surface area (Å²) < 4.78 is 0. The Labute approximate surface area is 71.2 Å². The molecule has 5 heteroatoms. The molecule has 0 saturated carbocycles. The molecule has 64 valence electrons. The van der Waals surface area contributed by atoms with Crippen LogP contribution in [-0.2, 0) is 0 Å². The Kier molecular flexibility index (Phi) is 2.64. The van der Waals surface area contributed by atoms with Gasteiger partial charge in [0.15, 0.2) is 0 Å². The van der Waals surface area contributed by atoms with E-state index in [9.17, 15) is 0 Å². The summed E-state index contributed by atoms with van der Waals surface area (Å²) >= 11 is 0. The predicted octanol–water partition coefficient (Wildman–Crippen LogP) is -0.0937. The van der Waals surface area contributed by atoms with Gasteiger partial charge in [0.1, 0.15) is 5.84 Å². The van der Waals surface area contributed by atoms with E-state index in [1.54, 1.807) is 6.19 Å². The van der Waals surface area contributed by atoms with Crippen LogP contribution in [-0.4, -0.2) is 30.3 Å². The van der Waals surface area contributed by atoms with Crippen molar-refractivity contribution in [1.29, 1.82) is 5.26 Å². The molecule has 1 aliphatic heterocycles. The second-order valence-electron chi connectivity index (χ2n) is 2.62. The molecular formula is C7H11N5. The highest BCUT2D eigenvalue weighted by atomic mass is 15.2. The zero-order chi connectivity index (χ0) is 8.97. The second-order valence-corrected chi connectivity index (χ2v) is 2.62. The van der Waals surface area contributed by atoms with Gasteiger partial charge in [-0.25, -0.2) is 0 Å². The fourth-order valence-corrected chi connectivity index (χ4v) is 1.14. The lowest BCUT2D eigenvalue weighted by atomic mass is 10.4. The quantitative estimate of drug-likeness (QED) is 0.309. The van der Waals surface area contributed by atoms with Gasteiger partial charge in [-0.1, -0.05) is 0 Å². The number of hydrogen-bond donors (Lipinski definition) is 1. The highest BCUT2D eigenvalue weighted by molar-refractivity contribution is 5.96. The van der Waals surface area contributed by atoms with E-state index >= 15 is 0 Å². The van der Waals surface area contributed by atoms with Crippen LogP contribution in [0, 0.1) is 11.5 Å². The first kappa shape index (κ1) is 8.53. The van der Waals surface area contributed by atoms with Crippen molar-refractivity contribution in [2.45, 2.75) is 12.8 Å². The third kappa shape index (κ3) is 1.95. The number of aliphatic imine (C=N–C) groups is 2. The molecule has 1 rings (SSSR count). The largest absolute Gasteiger partial charge is 0.367 e. The average Bonchev–Trinajstić information content (AvgIpc) is 2.37. The molecule has 0 unspecified atom stereocenters. The lowest BCUT2D eigenvalue weighted by molar-refractivity contribution is 0.550. The Hall–Kier alpha value is -1.57. The van der Waals surface area contributed by atoms with Gasteiger partial charge >= 0.3 is 0 Å². The van der Waals surface area contributed by atoms with E-state index in [4.69, 9.17) is 11.0 Å². The van der Waals surface area contributed by atoms with Gasteiger partial charge in [-0.3, -0.25) is 0 Å². The average molecular weight is 165 g/mol. The van der Waals surface area contributed by atoms with Gasteiger partial charge in [-0.2, -0.15) is 10.3 Å². The third-order valence-corrected chi connectivity index (χ3v) is 1.74. The van der Waals surface area contributed by atoms with Gasteiger partial charge in [0.25, 0.3) is 0 Å². The van der Waals surface area contributed by atoms with E-state index in [2.05, 4.69) is 9.98 Å². The number of guanidine groups is 1. The first-order valence-corrected chi connectivity index (χ1v) is 3.75. The van der Waals surface area contributed by atoms with Crippen molar-refractivity contribution in [3.63, 3.8) is 0 Å². The Balaban J connectivity index is 2.69. The minimum Gasteiger partial charge on any atom is -0.367 e. The lowest BCUT2D eigenvalue weighted by Gasteiger charge is -2.09. The SMILES string of the molecule is CN1CCCC1=NC(N)=NC#N. The molecule has 0 radical (unpaired) electrons. The van der Waals surface area contributed by atoms with Crippen LogP contribution in [0.5, 0.6) is 0 Å². The molecule has 2 N–H and O–H groups in total. The molecular weight excluding hydrogens is 154 g/mol. The van der Waals surface area contributed by atoms with Crippen molar-refractivity contribution in [2.24, 2.45) is 15.7 Å². The van der Waals surface area contributed by atoms with E-state index in [0.717, 1.165) is 25.2 Å². The fourth-order valence-electron chi connectivity index (χ4n) is 1.14. The number of nitriles is 1. The molecule has 0 bridgehead atoms. The Morgan fingerprint density at radius 1 is 1.75 bits per heavy atom. The topological polar surface area (TPSA) is 77.8 Å². The molecule has 0 atom stereocenters. The highest BCUT2D eigenvalue weighted by Crippen LogP contribution is 2.08. The minimum absolute atomic E-state index is 0.0428. The zero-order valence-electron chi connectivity index (χ0n) is 6.99. The number of amidine groups is 1. The summed E-state index contributed by atoms with van der Waals surface area (Å²) in [6, 6.07) is 0. The molecule has 0 aromatic carbocycles. The normalized spacial score (nSPS) is 21.5. The smallest absolute Gasteiger partial charge is 0.232 e. The number of nitrogens with two attached hydrogens (primary N) is 1. The predicted molar refractivity (Wildman–Crippen MR) is 46.5 cm³/mol. The molecule has 1 heterocycles. The maximum absolute atomic E-state index is 8.18. The van der Waals surface area contributed by atoms with Crippen LogP contribution in [0.1, 0.15) is 12.8 Å². The summed E-state index contributed by atoms with van der Waals surface area (Å²) in [7, 11) is 1.95. The molecule has 0 aromatic rings. The summed E-state index contributed by atoms with van der Waals surface area (Å²) in [4.78, 5) is 9.32. The summed E-state index contributed by atoms with van der Waals surface area (Å²) in [5, 5.41) is 8.18. The molecule has 1 fully saturated rings. The number of likely N-dealkylation sites (tertiary alicyclic amines) is 1. The number of nitrogens with zero attached hydrogens (tertiary/aromatic N) is 4. The molecule has 0 amide bonds. The second kappa shape index (κ2) is 3.72. The van der Waals surface area contributed by atoms with Crippen LogP contribution in [0.15, 0.2) is 9.98 Å². The van der Waals surface area contributed by atoms with E-state index < -0.39 is 0 Å². The summed E-state index contributed by atoms with van der Waals surface area (Å²) in [5.74, 6) is 0.952. The molecule has 1 saturated heterocycles. The summed E-state index contributed by atoms with van der Waals surface area (Å²) in [5.41, 5.74) is 5.34. The van der Waals surface area contributed by atoms with Gasteiger partial charge in [-0.05, 0) is 6.42 Å². The van der Waals surface area contributed by atoms with Crippen LogP contribution < -0.4 is 5.73 Å². The van der Waals surface area contributed by atoms with Crippen LogP contribution in [0.25, 0.3) is 0 Å². The van der Waals surface area contributed by atoms with Gasteiger partial charge < -0.3 is 10.6 Å². The Morgan fingerprint density at radius 3 is 3.00 bits per heavy atom. The summed E-state index contributed by atoms with van der Waals surface area (Å²) in [6.45, 7) is 0.999. The van der Waals surface area contributed by atoms with Crippen LogP contribution in [0.2, 0.25) is 0 Å². The summed E-state index contributed by atoms with van der Waals surface area (Å²) in [6.07, 6.45) is 3.60. The van der Waals surface area contributed by atoms with Crippen molar-refractivity contribution in [3.05, 3.63) is 0 Å². The van der Waals surface area contributed by atoms with Crippen molar-refractivity contribution in [1.82, 2.24) is 4.90 Å². The standard InChI is InChI=1S/C7H11N5/c1-12-4-2-3-6(12)11-7(9)10-5-8/h2-4H2,1H3,(H2,9,10). The fraction of sp³-hybridized carbons (Fsp3) is 0.571. The molecule has 5 nitrogen and oxygen atoms in total. The molecule has 1 aliphatic rings. The number of rotatable bonds is 0. The molecule has 0 aliphatic carbocycles. The van der Waals surface area contributed by atoms with Gasteiger partial charge in [-0.15, -0.1) is 4.99 Å². The number of hydrogen-bond acceptors (Lipinski definition) is 2. The Morgan fingerprint density at radius 2 is 2.50 bits per heavy atom. The third-order valence-electron chi connectivity index (χ3n) is 1.74. The van der Waals surface area contributed by atoms with Crippen LogP contribution in [0.3, 0.4) is 0 Å². The van der Waals surface area contributed by atoms with Crippen molar-refractivity contribution >= 4 is 11.8 Å². The molecule has 12 heavy (non-hydrogen) atoms. The van der Waals surface area contributed by atoms with E-state index in [0.29, 0.717) is 0 Å². The maximum Gasteiger partial charge on any atom is 0.232 e.